The highest BCUT2D eigenvalue weighted by atomic mass is 16.5. The Morgan fingerprint density at radius 3 is 2.86 bits per heavy atom. The van der Waals surface area contributed by atoms with Gasteiger partial charge < -0.3 is 16.2 Å². The van der Waals surface area contributed by atoms with Gasteiger partial charge in [0.25, 0.3) is 0 Å². The lowest BCUT2D eigenvalue weighted by Crippen LogP contribution is -2.36. The van der Waals surface area contributed by atoms with E-state index in [0.29, 0.717) is 6.42 Å². The van der Waals surface area contributed by atoms with Crippen molar-refractivity contribution in [3.8, 4) is 0 Å². The molecule has 0 aliphatic carbocycles. The van der Waals surface area contributed by atoms with E-state index in [4.69, 9.17) is 16.2 Å². The molecule has 78 valence electrons. The molecular weight excluding hydrogens is 178 g/mol. The highest BCUT2D eigenvalue weighted by Gasteiger charge is 2.13. The van der Waals surface area contributed by atoms with Crippen LogP contribution in [0.4, 0.5) is 5.69 Å². The molecule has 0 spiro atoms. The van der Waals surface area contributed by atoms with Crippen molar-refractivity contribution in [3.63, 3.8) is 0 Å². The topological polar surface area (TPSA) is 74.2 Å². The number of hydrogen-bond donors (Lipinski definition) is 2. The summed E-state index contributed by atoms with van der Waals surface area (Å²) < 4.78 is 5.14. The molecule has 1 heterocycles. The molecule has 1 aromatic rings. The number of nitrogen functional groups attached to an aromatic ring is 1. The Morgan fingerprint density at radius 1 is 1.57 bits per heavy atom. The average Bonchev–Trinajstić information content (AvgIpc) is 2.20. The molecule has 0 radical (unpaired) electrons. The molecule has 0 saturated carbocycles. The van der Waals surface area contributed by atoms with Crippen LogP contribution in [0.15, 0.2) is 18.5 Å². The van der Waals surface area contributed by atoms with Crippen molar-refractivity contribution in [2.75, 3.05) is 12.8 Å². The number of hydrogen-bond acceptors (Lipinski definition) is 4. The van der Waals surface area contributed by atoms with Crippen molar-refractivity contribution in [2.24, 2.45) is 5.73 Å². The molecule has 2 atom stereocenters. The van der Waals surface area contributed by atoms with Gasteiger partial charge in [-0.15, -0.1) is 0 Å². The minimum Gasteiger partial charge on any atom is -0.398 e. The standard InChI is InChI=1S/C10H17N3O/c1-7(14-2)10(12)5-8-6-13-4-3-9(8)11/h3-4,6-7,10H,5,12H2,1-2H3,(H2,11,13). The van der Waals surface area contributed by atoms with Crippen molar-refractivity contribution in [3.05, 3.63) is 24.0 Å². The number of rotatable bonds is 4. The summed E-state index contributed by atoms with van der Waals surface area (Å²) in [6.07, 6.45) is 4.13. The first kappa shape index (κ1) is 10.9. The molecule has 4 heteroatoms. The second kappa shape index (κ2) is 4.93. The van der Waals surface area contributed by atoms with Crippen LogP contribution in [0.1, 0.15) is 12.5 Å². The van der Waals surface area contributed by atoms with Crippen LogP contribution in [0, 0.1) is 0 Å². The summed E-state index contributed by atoms with van der Waals surface area (Å²) in [4.78, 5) is 4.01. The summed E-state index contributed by atoms with van der Waals surface area (Å²) >= 11 is 0. The Bertz CT molecular complexity index is 290. The highest BCUT2D eigenvalue weighted by molar-refractivity contribution is 5.44. The molecular formula is C10H17N3O. The molecule has 0 bridgehead atoms. The molecule has 0 aliphatic heterocycles. The number of anilines is 1. The molecule has 0 aliphatic rings. The van der Waals surface area contributed by atoms with Crippen LogP contribution in [-0.2, 0) is 11.2 Å². The maximum absolute atomic E-state index is 5.92. The number of nitrogens with zero attached hydrogens (tertiary/aromatic N) is 1. The van der Waals surface area contributed by atoms with Crippen LogP contribution in [-0.4, -0.2) is 24.2 Å². The number of pyridine rings is 1. The minimum absolute atomic E-state index is 0.0228. The number of methoxy groups -OCH3 is 1. The van der Waals surface area contributed by atoms with E-state index < -0.39 is 0 Å². The molecule has 2 unspecified atom stereocenters. The van der Waals surface area contributed by atoms with Gasteiger partial charge >= 0.3 is 0 Å². The Labute approximate surface area is 84.3 Å². The Morgan fingerprint density at radius 2 is 2.29 bits per heavy atom. The first-order valence-corrected chi connectivity index (χ1v) is 4.62. The third-order valence-electron chi connectivity index (χ3n) is 2.37. The summed E-state index contributed by atoms with van der Waals surface area (Å²) in [6.45, 7) is 1.94. The Kier molecular flexibility index (Phi) is 3.85. The van der Waals surface area contributed by atoms with Gasteiger partial charge in [-0.25, -0.2) is 0 Å². The van der Waals surface area contributed by atoms with E-state index in [1.807, 2.05) is 6.92 Å². The summed E-state index contributed by atoms with van der Waals surface area (Å²) in [6, 6.07) is 1.73. The van der Waals surface area contributed by atoms with Crippen molar-refractivity contribution in [2.45, 2.75) is 25.5 Å². The van der Waals surface area contributed by atoms with Crippen molar-refractivity contribution in [1.29, 1.82) is 0 Å². The molecule has 0 saturated heterocycles. The molecule has 4 N–H and O–H groups in total. The summed E-state index contributed by atoms with van der Waals surface area (Å²) in [5.41, 5.74) is 13.4. The second-order valence-corrected chi connectivity index (χ2v) is 3.38. The SMILES string of the molecule is COC(C)C(N)Cc1cnccc1N. The molecule has 0 fully saturated rings. The van der Waals surface area contributed by atoms with Gasteiger partial charge in [0.1, 0.15) is 0 Å². The molecule has 1 aromatic heterocycles. The highest BCUT2D eigenvalue weighted by Crippen LogP contribution is 2.12. The van der Waals surface area contributed by atoms with Crippen LogP contribution < -0.4 is 11.5 Å². The molecule has 0 amide bonds. The maximum atomic E-state index is 5.92. The largest absolute Gasteiger partial charge is 0.398 e. The van der Waals surface area contributed by atoms with Crippen LogP contribution in [0.25, 0.3) is 0 Å². The van der Waals surface area contributed by atoms with E-state index in [1.165, 1.54) is 0 Å². The van der Waals surface area contributed by atoms with E-state index in [-0.39, 0.29) is 12.1 Å². The fraction of sp³-hybridized carbons (Fsp3) is 0.500. The molecule has 4 nitrogen and oxygen atoms in total. The van der Waals surface area contributed by atoms with E-state index in [0.717, 1.165) is 11.3 Å². The minimum atomic E-state index is -0.0495. The smallest absolute Gasteiger partial charge is 0.0697 e. The van der Waals surface area contributed by atoms with Crippen molar-refractivity contribution >= 4 is 5.69 Å². The predicted octanol–water partition coefficient (Wildman–Crippen LogP) is 0.568. The second-order valence-electron chi connectivity index (χ2n) is 3.38. The monoisotopic (exact) mass is 195 g/mol. The normalized spacial score (nSPS) is 15.1. The summed E-state index contributed by atoms with van der Waals surface area (Å²) in [5, 5.41) is 0. The zero-order valence-corrected chi connectivity index (χ0v) is 8.60. The van der Waals surface area contributed by atoms with E-state index in [1.54, 1.807) is 25.6 Å². The number of nitrogens with two attached hydrogens (primary N) is 2. The van der Waals surface area contributed by atoms with Gasteiger partial charge in [-0.1, -0.05) is 0 Å². The van der Waals surface area contributed by atoms with E-state index in [2.05, 4.69) is 4.98 Å². The summed E-state index contributed by atoms with van der Waals surface area (Å²) in [7, 11) is 1.65. The molecule has 1 rings (SSSR count). The third-order valence-corrected chi connectivity index (χ3v) is 2.37. The van der Waals surface area contributed by atoms with Crippen molar-refractivity contribution in [1.82, 2.24) is 4.98 Å². The lowest BCUT2D eigenvalue weighted by atomic mass is 10.0. The Balaban J connectivity index is 2.64. The van der Waals surface area contributed by atoms with Gasteiger partial charge in [0.05, 0.1) is 6.10 Å². The predicted molar refractivity (Wildman–Crippen MR) is 56.8 cm³/mol. The lowest BCUT2D eigenvalue weighted by molar-refractivity contribution is 0.0956. The first-order chi connectivity index (χ1) is 6.65. The fourth-order valence-electron chi connectivity index (χ4n) is 1.20. The lowest BCUT2D eigenvalue weighted by Gasteiger charge is -2.18. The quantitative estimate of drug-likeness (QED) is 0.736. The van der Waals surface area contributed by atoms with E-state index in [9.17, 15) is 0 Å². The van der Waals surface area contributed by atoms with Gasteiger partial charge in [0, 0.05) is 31.2 Å². The van der Waals surface area contributed by atoms with Crippen LogP contribution in [0.3, 0.4) is 0 Å². The number of ether oxygens (including phenoxy) is 1. The summed E-state index contributed by atoms with van der Waals surface area (Å²) in [5.74, 6) is 0. The van der Waals surface area contributed by atoms with Gasteiger partial charge in [-0.05, 0) is 25.0 Å². The van der Waals surface area contributed by atoms with Gasteiger partial charge in [0.2, 0.25) is 0 Å². The van der Waals surface area contributed by atoms with Gasteiger partial charge in [0.15, 0.2) is 0 Å². The third kappa shape index (κ3) is 2.68. The first-order valence-electron chi connectivity index (χ1n) is 4.62. The Hall–Kier alpha value is -1.13. The molecule has 0 aromatic carbocycles. The number of aromatic nitrogens is 1. The van der Waals surface area contributed by atoms with Crippen LogP contribution >= 0.6 is 0 Å². The van der Waals surface area contributed by atoms with Crippen LogP contribution in [0.2, 0.25) is 0 Å². The maximum Gasteiger partial charge on any atom is 0.0697 e. The van der Waals surface area contributed by atoms with Crippen molar-refractivity contribution < 1.29 is 4.74 Å². The van der Waals surface area contributed by atoms with Gasteiger partial charge in [-0.2, -0.15) is 0 Å². The van der Waals surface area contributed by atoms with Gasteiger partial charge in [-0.3, -0.25) is 4.98 Å². The zero-order valence-electron chi connectivity index (χ0n) is 8.60. The average molecular weight is 195 g/mol. The fourth-order valence-corrected chi connectivity index (χ4v) is 1.20. The van der Waals surface area contributed by atoms with E-state index >= 15 is 0 Å². The molecule has 14 heavy (non-hydrogen) atoms. The zero-order chi connectivity index (χ0) is 10.6. The van der Waals surface area contributed by atoms with Crippen LogP contribution in [0.5, 0.6) is 0 Å².